The number of fused-ring (bicyclic) bond motifs is 2. The minimum atomic E-state index is -0.0105. The minimum absolute atomic E-state index is 0.0105. The van der Waals surface area contributed by atoms with Crippen LogP contribution in [0.4, 0.5) is 0 Å². The van der Waals surface area contributed by atoms with Crippen LogP contribution in [0.3, 0.4) is 0 Å². The van der Waals surface area contributed by atoms with Crippen molar-refractivity contribution in [3.63, 3.8) is 0 Å². The van der Waals surface area contributed by atoms with E-state index in [1.165, 1.54) is 0 Å². The lowest BCUT2D eigenvalue weighted by Crippen LogP contribution is -2.35. The fraction of sp³-hybridized carbons (Fsp3) is 1.00. The van der Waals surface area contributed by atoms with Gasteiger partial charge in [0.15, 0.2) is 0 Å². The van der Waals surface area contributed by atoms with Gasteiger partial charge in [-0.2, -0.15) is 11.8 Å². The monoisotopic (exact) mass is 168 g/mol. The van der Waals surface area contributed by atoms with Crippen LogP contribution < -0.4 is 0 Å². The molecule has 2 radical (unpaired) electrons. The maximum atomic E-state index is 5.83. The normalized spacial score (nSPS) is 55.3. The molecule has 2 aliphatic rings. The molecule has 0 aromatic rings. The average Bonchev–Trinajstić information content (AvgIpc) is 2.42. The highest BCUT2D eigenvalue weighted by Gasteiger charge is 2.55. The number of hydrogen-bond acceptors (Lipinski definition) is 2. The molecule has 2 heterocycles. The third-order valence-electron chi connectivity index (χ3n) is 3.14. The molecule has 0 saturated carbocycles. The molecule has 0 amide bonds. The van der Waals surface area contributed by atoms with E-state index in [9.17, 15) is 0 Å². The third kappa shape index (κ3) is 0.904. The number of ether oxygens (including phenoxy) is 1. The van der Waals surface area contributed by atoms with Crippen LogP contribution in [0.2, 0.25) is 0 Å². The van der Waals surface area contributed by atoms with E-state index in [0.29, 0.717) is 11.2 Å². The summed E-state index contributed by atoms with van der Waals surface area (Å²) in [6.45, 7) is 4.46. The Kier molecular flexibility index (Phi) is 1.77. The van der Waals surface area contributed by atoms with E-state index < -0.39 is 0 Å². The van der Waals surface area contributed by atoms with Crippen LogP contribution in [0.5, 0.6) is 0 Å². The van der Waals surface area contributed by atoms with Gasteiger partial charge < -0.3 is 4.74 Å². The van der Waals surface area contributed by atoms with Crippen molar-refractivity contribution in [3.05, 3.63) is 0 Å². The van der Waals surface area contributed by atoms with Gasteiger partial charge in [-0.05, 0) is 12.3 Å². The van der Waals surface area contributed by atoms with Crippen molar-refractivity contribution in [1.82, 2.24) is 0 Å². The quantitative estimate of drug-likeness (QED) is 0.547. The van der Waals surface area contributed by atoms with E-state index in [1.807, 2.05) is 11.8 Å². The minimum Gasteiger partial charge on any atom is -0.379 e. The standard InChI is InChI=1S/C8H13BOS/c1-3-8-4-11-6(5(8)2)7(9)10-8/h5-7H,3-4H2,1-2H3/t5-,6?,7-,8+/m1/s1. The molecule has 2 saturated heterocycles. The van der Waals surface area contributed by atoms with Crippen LogP contribution in [0.1, 0.15) is 20.3 Å². The van der Waals surface area contributed by atoms with Crippen LogP contribution in [0.15, 0.2) is 0 Å². The predicted octanol–water partition coefficient (Wildman–Crippen LogP) is 1.41. The molecule has 0 aromatic heterocycles. The maximum Gasteiger partial charge on any atom is 0.110 e. The molecular formula is C8H13BOS. The van der Waals surface area contributed by atoms with E-state index in [2.05, 4.69) is 13.8 Å². The first kappa shape index (κ1) is 8.00. The zero-order chi connectivity index (χ0) is 8.06. The molecule has 1 unspecified atom stereocenters. The predicted molar refractivity (Wildman–Crippen MR) is 49.1 cm³/mol. The van der Waals surface area contributed by atoms with Gasteiger partial charge in [-0.15, -0.1) is 0 Å². The summed E-state index contributed by atoms with van der Waals surface area (Å²) in [4.78, 5) is 0. The lowest BCUT2D eigenvalue weighted by molar-refractivity contribution is -0.0154. The lowest BCUT2D eigenvalue weighted by atomic mass is 9.85. The molecule has 1 nitrogen and oxygen atoms in total. The Morgan fingerprint density at radius 3 is 2.73 bits per heavy atom. The molecule has 2 fully saturated rings. The molecular weight excluding hydrogens is 155 g/mol. The first-order chi connectivity index (χ1) is 5.19. The molecule has 2 rings (SSSR count). The van der Waals surface area contributed by atoms with E-state index in [-0.39, 0.29) is 11.6 Å². The molecule has 0 aliphatic carbocycles. The summed E-state index contributed by atoms with van der Waals surface area (Å²) in [7, 11) is 5.83. The Hall–Kier alpha value is 0.375. The second-order valence-corrected chi connectivity index (χ2v) is 4.73. The van der Waals surface area contributed by atoms with Crippen LogP contribution in [0, 0.1) is 5.92 Å². The summed E-state index contributed by atoms with van der Waals surface area (Å²) in [6.07, 6.45) is 1.10. The molecule has 0 N–H and O–H groups in total. The molecule has 2 bridgehead atoms. The van der Waals surface area contributed by atoms with Gasteiger partial charge in [0, 0.05) is 17.0 Å². The topological polar surface area (TPSA) is 9.23 Å². The van der Waals surface area contributed by atoms with Crippen LogP contribution in [0.25, 0.3) is 0 Å². The van der Waals surface area contributed by atoms with Gasteiger partial charge in [-0.3, -0.25) is 0 Å². The van der Waals surface area contributed by atoms with Gasteiger partial charge in [0.2, 0.25) is 0 Å². The van der Waals surface area contributed by atoms with E-state index in [0.717, 1.165) is 12.2 Å². The van der Waals surface area contributed by atoms with Crippen LogP contribution >= 0.6 is 11.8 Å². The Morgan fingerprint density at radius 1 is 1.73 bits per heavy atom. The van der Waals surface area contributed by atoms with Crippen molar-refractivity contribution in [3.8, 4) is 0 Å². The molecule has 60 valence electrons. The molecule has 2 aliphatic heterocycles. The fourth-order valence-corrected chi connectivity index (χ4v) is 3.97. The Balaban J connectivity index is 2.24. The summed E-state index contributed by atoms with van der Waals surface area (Å²) in [6, 6.07) is -0.0105. The van der Waals surface area contributed by atoms with Gasteiger partial charge in [-0.25, -0.2) is 0 Å². The average molecular weight is 168 g/mol. The van der Waals surface area contributed by atoms with Gasteiger partial charge in [0.1, 0.15) is 7.85 Å². The molecule has 11 heavy (non-hydrogen) atoms. The summed E-state index contributed by atoms with van der Waals surface area (Å²) in [5.74, 6) is 1.79. The number of hydrogen-bond donors (Lipinski definition) is 0. The van der Waals surface area contributed by atoms with E-state index >= 15 is 0 Å². The summed E-state index contributed by atoms with van der Waals surface area (Å²) in [5.41, 5.74) is 0.120. The third-order valence-corrected chi connectivity index (χ3v) is 4.85. The van der Waals surface area contributed by atoms with Crippen LogP contribution in [-0.4, -0.2) is 30.5 Å². The summed E-state index contributed by atoms with van der Waals surface area (Å²) < 4.78 is 5.77. The van der Waals surface area contributed by atoms with Gasteiger partial charge >= 0.3 is 0 Å². The maximum absolute atomic E-state index is 5.83. The summed E-state index contributed by atoms with van der Waals surface area (Å²) in [5, 5.41) is 0.551. The van der Waals surface area contributed by atoms with Crippen LogP contribution in [-0.2, 0) is 4.74 Å². The first-order valence-electron chi connectivity index (χ1n) is 4.24. The number of thioether (sulfide) groups is 1. The van der Waals surface area contributed by atoms with Gasteiger partial charge in [0.05, 0.1) is 5.60 Å². The Labute approximate surface area is 73.7 Å². The zero-order valence-corrected chi connectivity index (χ0v) is 7.86. The van der Waals surface area contributed by atoms with Crippen molar-refractivity contribution in [1.29, 1.82) is 0 Å². The zero-order valence-electron chi connectivity index (χ0n) is 7.04. The molecule has 3 heteroatoms. The van der Waals surface area contributed by atoms with Crippen molar-refractivity contribution in [2.75, 3.05) is 5.75 Å². The fourth-order valence-electron chi connectivity index (χ4n) is 2.18. The highest BCUT2D eigenvalue weighted by molar-refractivity contribution is 8.00. The number of rotatable bonds is 1. The van der Waals surface area contributed by atoms with Crippen molar-refractivity contribution in [2.24, 2.45) is 5.92 Å². The second-order valence-electron chi connectivity index (χ2n) is 3.57. The van der Waals surface area contributed by atoms with Gasteiger partial charge in [0.25, 0.3) is 0 Å². The largest absolute Gasteiger partial charge is 0.379 e. The van der Waals surface area contributed by atoms with Crippen molar-refractivity contribution >= 4 is 19.6 Å². The highest BCUT2D eigenvalue weighted by atomic mass is 32.2. The van der Waals surface area contributed by atoms with Crippen molar-refractivity contribution < 1.29 is 4.74 Å². The summed E-state index contributed by atoms with van der Waals surface area (Å²) >= 11 is 1.98. The van der Waals surface area contributed by atoms with Gasteiger partial charge in [-0.1, -0.05) is 13.8 Å². The Bertz CT molecular complexity index is 175. The SMILES string of the molecule is [B][C@@H]1O[C@@]2(CC)CSC1[C@H]2C. The first-order valence-corrected chi connectivity index (χ1v) is 5.29. The second kappa shape index (κ2) is 2.43. The Morgan fingerprint density at radius 2 is 2.45 bits per heavy atom. The van der Waals surface area contributed by atoms with Crippen molar-refractivity contribution in [2.45, 2.75) is 37.1 Å². The van der Waals surface area contributed by atoms with E-state index in [4.69, 9.17) is 12.6 Å². The smallest absolute Gasteiger partial charge is 0.110 e. The molecule has 0 aromatic carbocycles. The molecule has 4 atom stereocenters. The lowest BCUT2D eigenvalue weighted by Gasteiger charge is -2.29. The molecule has 0 spiro atoms. The highest BCUT2D eigenvalue weighted by Crippen LogP contribution is 2.52. The van der Waals surface area contributed by atoms with E-state index in [1.54, 1.807) is 0 Å².